The fourth-order valence-electron chi connectivity index (χ4n) is 7.38. The lowest BCUT2D eigenvalue weighted by Crippen LogP contribution is -2.47. The Morgan fingerprint density at radius 1 is 0.540 bits per heavy atom. The highest BCUT2D eigenvalue weighted by atomic mass is 31.2. The Hall–Kier alpha value is -1.77. The topological polar surface area (TPSA) is 111 Å². The second-order valence-electron chi connectivity index (χ2n) is 19.0. The number of amides is 1. The van der Waals surface area contributed by atoms with Gasteiger partial charge in [-0.2, -0.15) is 0 Å². The van der Waals surface area contributed by atoms with E-state index in [0.717, 1.165) is 96.3 Å². The van der Waals surface area contributed by atoms with Crippen molar-refractivity contribution in [1.82, 2.24) is 5.32 Å². The van der Waals surface area contributed by atoms with E-state index in [-0.39, 0.29) is 31.5 Å². The maximum absolute atomic E-state index is 13.4. The van der Waals surface area contributed by atoms with Gasteiger partial charge in [0.1, 0.15) is 19.3 Å². The molecule has 0 aliphatic carbocycles. The predicted octanol–water partition coefficient (Wildman–Crippen LogP) is 15.2. The zero-order chi connectivity index (χ0) is 46.5. The van der Waals surface area contributed by atoms with Crippen LogP contribution in [-0.2, 0) is 27.9 Å². The van der Waals surface area contributed by atoms with Crippen LogP contribution in [0.4, 0.5) is 0 Å². The van der Waals surface area contributed by atoms with Gasteiger partial charge in [0, 0.05) is 12.8 Å². The molecule has 9 nitrogen and oxygen atoms in total. The third kappa shape index (κ3) is 45.2. The molecule has 0 spiro atoms. The fraction of sp³-hybridized carbons (Fsp3) is 0.849. The number of phosphoric acid groups is 1. The van der Waals surface area contributed by atoms with Gasteiger partial charge in [0.05, 0.1) is 33.8 Å². The van der Waals surface area contributed by atoms with Crippen LogP contribution in [-0.4, -0.2) is 74.3 Å². The smallest absolute Gasteiger partial charge is 0.456 e. The maximum atomic E-state index is 13.4. The molecule has 0 aliphatic rings. The van der Waals surface area contributed by atoms with E-state index in [1.807, 2.05) is 33.3 Å². The standard InChI is InChI=1S/C53H101N2O7P/c1-7-10-13-16-19-22-25-26-27-28-31-33-36-39-42-45-52(56)54-50(49-61-63(58,59)60-48-47-55(4,5)6)51(44-41-38-35-32-29-23-20-17-14-11-8-2)62-53(57)46-43-40-37-34-30-24-21-18-15-12-9-3/h18,21-22,25,41,44,50-51H,7-17,19-20,23-24,26-40,42-43,45-49H2,1-6H3,(H-,54,56,58,59)/p+1/b21-18-,25-22-,44-41-. The highest BCUT2D eigenvalue weighted by molar-refractivity contribution is 7.47. The summed E-state index contributed by atoms with van der Waals surface area (Å²) in [5, 5.41) is 3.03. The number of phosphoric ester groups is 1. The normalized spacial score (nSPS) is 14.2. The highest BCUT2D eigenvalue weighted by Gasteiger charge is 2.30. The molecule has 0 aromatic rings. The van der Waals surface area contributed by atoms with E-state index in [1.165, 1.54) is 109 Å². The number of ether oxygens (including phenoxy) is 1. The summed E-state index contributed by atoms with van der Waals surface area (Å²) in [4.78, 5) is 37.4. The van der Waals surface area contributed by atoms with Crippen molar-refractivity contribution in [2.45, 2.75) is 251 Å². The molecule has 370 valence electrons. The van der Waals surface area contributed by atoms with Gasteiger partial charge in [-0.25, -0.2) is 4.57 Å². The first-order valence-electron chi connectivity index (χ1n) is 26.3. The van der Waals surface area contributed by atoms with Crippen LogP contribution in [0.5, 0.6) is 0 Å². The number of hydrogen-bond acceptors (Lipinski definition) is 6. The first-order valence-corrected chi connectivity index (χ1v) is 27.8. The molecule has 0 saturated carbocycles. The second-order valence-corrected chi connectivity index (χ2v) is 20.5. The van der Waals surface area contributed by atoms with Crippen molar-refractivity contribution in [3.05, 3.63) is 36.5 Å². The lowest BCUT2D eigenvalue weighted by Gasteiger charge is -2.27. The molecule has 63 heavy (non-hydrogen) atoms. The SMILES string of the molecule is CCCC/C=C\CCCCCCCC(=O)OC(/C=C\CCCCCCCCCCC)C(COP(=O)(O)OCC[N+](C)(C)C)NC(=O)CCCCCCCCC/C=C\CCCCCC. The van der Waals surface area contributed by atoms with Crippen molar-refractivity contribution in [3.8, 4) is 0 Å². The van der Waals surface area contributed by atoms with Gasteiger partial charge in [-0.3, -0.25) is 18.6 Å². The van der Waals surface area contributed by atoms with Crippen molar-refractivity contribution < 1.29 is 37.3 Å². The van der Waals surface area contributed by atoms with Crippen LogP contribution < -0.4 is 5.32 Å². The molecule has 0 aromatic carbocycles. The van der Waals surface area contributed by atoms with E-state index >= 15 is 0 Å². The maximum Gasteiger partial charge on any atom is 0.472 e. The van der Waals surface area contributed by atoms with E-state index in [2.05, 4.69) is 50.4 Å². The quantitative estimate of drug-likeness (QED) is 0.0206. The fourth-order valence-corrected chi connectivity index (χ4v) is 8.12. The summed E-state index contributed by atoms with van der Waals surface area (Å²) >= 11 is 0. The van der Waals surface area contributed by atoms with E-state index in [4.69, 9.17) is 13.8 Å². The number of rotatable bonds is 47. The first kappa shape index (κ1) is 61.2. The van der Waals surface area contributed by atoms with Crippen LogP contribution >= 0.6 is 7.82 Å². The minimum Gasteiger partial charge on any atom is -0.456 e. The Morgan fingerprint density at radius 3 is 1.41 bits per heavy atom. The Kier molecular flexibility index (Phi) is 42.8. The molecule has 3 atom stereocenters. The van der Waals surface area contributed by atoms with E-state index < -0.39 is 20.0 Å². The Bertz CT molecular complexity index is 1180. The second kappa shape index (κ2) is 44.1. The third-order valence-electron chi connectivity index (χ3n) is 11.6. The average Bonchev–Trinajstić information content (AvgIpc) is 3.23. The lowest BCUT2D eigenvalue weighted by atomic mass is 10.1. The number of carbonyl (C=O) groups excluding carboxylic acids is 2. The van der Waals surface area contributed by atoms with Crippen LogP contribution in [0.3, 0.4) is 0 Å². The number of carbonyl (C=O) groups is 2. The lowest BCUT2D eigenvalue weighted by molar-refractivity contribution is -0.870. The molecule has 0 heterocycles. The summed E-state index contributed by atoms with van der Waals surface area (Å²) in [7, 11) is 1.49. The van der Waals surface area contributed by atoms with Crippen LogP contribution in [0.25, 0.3) is 0 Å². The molecule has 2 N–H and O–H groups in total. The van der Waals surface area contributed by atoms with Gasteiger partial charge < -0.3 is 19.4 Å². The number of esters is 1. The zero-order valence-electron chi connectivity index (χ0n) is 42.1. The molecule has 1 amide bonds. The summed E-state index contributed by atoms with van der Waals surface area (Å²) in [6, 6.07) is -0.848. The van der Waals surface area contributed by atoms with Crippen LogP contribution in [0.15, 0.2) is 36.5 Å². The zero-order valence-corrected chi connectivity index (χ0v) is 43.0. The van der Waals surface area contributed by atoms with Gasteiger partial charge >= 0.3 is 13.8 Å². The molecule has 0 aliphatic heterocycles. The Balaban J connectivity index is 5.40. The highest BCUT2D eigenvalue weighted by Crippen LogP contribution is 2.43. The first-order chi connectivity index (χ1) is 30.4. The monoisotopic (exact) mass is 910 g/mol. The predicted molar refractivity (Wildman–Crippen MR) is 268 cm³/mol. The molecule has 10 heteroatoms. The van der Waals surface area contributed by atoms with Crippen molar-refractivity contribution in [3.63, 3.8) is 0 Å². The molecular weight excluding hydrogens is 808 g/mol. The van der Waals surface area contributed by atoms with Crippen molar-refractivity contribution in [2.75, 3.05) is 40.9 Å². The van der Waals surface area contributed by atoms with Crippen molar-refractivity contribution >= 4 is 19.7 Å². The molecule has 0 fully saturated rings. The summed E-state index contributed by atoms with van der Waals surface area (Å²) in [5.74, 6) is -0.520. The number of likely N-dealkylation sites (N-methyl/N-ethyl adjacent to an activating group) is 1. The Morgan fingerprint density at radius 2 is 0.937 bits per heavy atom. The number of quaternary nitrogens is 1. The molecule has 0 rings (SSSR count). The number of allylic oxidation sites excluding steroid dienone is 5. The van der Waals surface area contributed by atoms with Gasteiger partial charge in [0.15, 0.2) is 0 Å². The number of nitrogens with one attached hydrogen (secondary N) is 1. The number of nitrogens with zero attached hydrogens (tertiary/aromatic N) is 1. The van der Waals surface area contributed by atoms with Crippen LogP contribution in [0.2, 0.25) is 0 Å². The van der Waals surface area contributed by atoms with Gasteiger partial charge in [-0.1, -0.05) is 186 Å². The van der Waals surface area contributed by atoms with Crippen LogP contribution in [0, 0.1) is 0 Å². The summed E-state index contributed by atoms with van der Waals surface area (Å²) in [6.07, 6.45) is 49.9. The molecular formula is C53H102N2O7P+. The van der Waals surface area contributed by atoms with Crippen molar-refractivity contribution in [2.24, 2.45) is 0 Å². The summed E-state index contributed by atoms with van der Waals surface area (Å²) in [6.45, 7) is 6.94. The molecule has 0 aromatic heterocycles. The van der Waals surface area contributed by atoms with Gasteiger partial charge in [-0.05, 0) is 76.7 Å². The summed E-state index contributed by atoms with van der Waals surface area (Å²) in [5.41, 5.74) is 0. The molecule has 0 radical (unpaired) electrons. The molecule has 3 unspecified atom stereocenters. The van der Waals surface area contributed by atoms with E-state index in [1.54, 1.807) is 0 Å². The van der Waals surface area contributed by atoms with Crippen LogP contribution in [0.1, 0.15) is 239 Å². The van der Waals surface area contributed by atoms with E-state index in [9.17, 15) is 19.0 Å². The van der Waals surface area contributed by atoms with Gasteiger partial charge in [0.25, 0.3) is 0 Å². The minimum absolute atomic E-state index is 0.0390. The van der Waals surface area contributed by atoms with E-state index in [0.29, 0.717) is 17.4 Å². The van der Waals surface area contributed by atoms with Gasteiger partial charge in [-0.15, -0.1) is 0 Å². The van der Waals surface area contributed by atoms with Crippen molar-refractivity contribution in [1.29, 1.82) is 0 Å². The summed E-state index contributed by atoms with van der Waals surface area (Å²) < 4.78 is 30.5. The molecule has 0 bridgehead atoms. The third-order valence-corrected chi connectivity index (χ3v) is 12.5. The minimum atomic E-state index is -4.44. The van der Waals surface area contributed by atoms with Gasteiger partial charge in [0.2, 0.25) is 5.91 Å². The largest absolute Gasteiger partial charge is 0.472 e. The Labute approximate surface area is 389 Å². The number of hydrogen-bond donors (Lipinski definition) is 2. The number of unbranched alkanes of at least 4 members (excludes halogenated alkanes) is 27. The average molecular weight is 910 g/mol. The molecule has 0 saturated heterocycles.